The van der Waals surface area contributed by atoms with Gasteiger partial charge in [-0.1, -0.05) is 44.5 Å². The van der Waals surface area contributed by atoms with Crippen LogP contribution in [0.15, 0.2) is 30.3 Å². The molecule has 0 radical (unpaired) electrons. The minimum absolute atomic E-state index is 0.00286. The number of hydrogen-bond donors (Lipinski definition) is 0. The smallest absolute Gasteiger partial charge is 0.238 e. The molecule has 0 aliphatic carbocycles. The fraction of sp³-hybridized carbons (Fsp3) is 0.333. The van der Waals surface area contributed by atoms with Crippen molar-refractivity contribution in [2.75, 3.05) is 0 Å². The van der Waals surface area contributed by atoms with Gasteiger partial charge in [0, 0.05) is 11.6 Å². The van der Waals surface area contributed by atoms with E-state index in [0.717, 1.165) is 16.9 Å². The van der Waals surface area contributed by atoms with E-state index in [9.17, 15) is 0 Å². The number of rotatable bonds is 2. The summed E-state index contributed by atoms with van der Waals surface area (Å²) in [6.45, 7) is 8.49. The summed E-state index contributed by atoms with van der Waals surface area (Å²) in [7, 11) is 0. The number of benzene rings is 1. The number of aryl methyl sites for hydroxylation is 1. The summed E-state index contributed by atoms with van der Waals surface area (Å²) < 4.78 is 5.84. The van der Waals surface area contributed by atoms with Gasteiger partial charge in [-0.25, -0.2) is 0 Å². The first-order valence-electron chi connectivity index (χ1n) is 6.14. The number of hydrogen-bond acceptors (Lipinski definition) is 3. The molecule has 0 N–H and O–H groups in total. The molecule has 0 saturated carbocycles. The van der Waals surface area contributed by atoms with Crippen LogP contribution in [0.3, 0.4) is 0 Å². The average molecular weight is 277 g/mol. The predicted octanol–water partition coefficient (Wildman–Crippen LogP) is 4.53. The Balaban J connectivity index is 2.38. The highest BCUT2D eigenvalue weighted by Crippen LogP contribution is 2.34. The molecule has 2 rings (SSSR count). The van der Waals surface area contributed by atoms with Crippen molar-refractivity contribution < 1.29 is 4.74 Å². The van der Waals surface area contributed by atoms with E-state index in [0.29, 0.717) is 11.0 Å². The lowest BCUT2D eigenvalue weighted by molar-refractivity contribution is 0.433. The van der Waals surface area contributed by atoms with Crippen LogP contribution in [0.2, 0.25) is 5.15 Å². The number of aromatic nitrogens is 2. The maximum absolute atomic E-state index is 5.84. The van der Waals surface area contributed by atoms with Gasteiger partial charge >= 0.3 is 0 Å². The van der Waals surface area contributed by atoms with E-state index in [2.05, 4.69) is 43.1 Å². The Bertz CT molecular complexity index is 574. The molecule has 0 bridgehead atoms. The van der Waals surface area contributed by atoms with E-state index in [1.807, 2.05) is 13.0 Å². The summed E-state index contributed by atoms with van der Waals surface area (Å²) in [6, 6.07) is 9.56. The van der Waals surface area contributed by atoms with E-state index in [1.165, 1.54) is 0 Å². The van der Waals surface area contributed by atoms with Crippen molar-refractivity contribution in [2.24, 2.45) is 0 Å². The first-order chi connectivity index (χ1) is 8.86. The highest BCUT2D eigenvalue weighted by atomic mass is 35.5. The van der Waals surface area contributed by atoms with Crippen molar-refractivity contribution in [1.82, 2.24) is 10.2 Å². The van der Waals surface area contributed by atoms with Gasteiger partial charge in [-0.05, 0) is 30.0 Å². The van der Waals surface area contributed by atoms with Crippen LogP contribution in [-0.4, -0.2) is 10.2 Å². The Morgan fingerprint density at radius 1 is 1.05 bits per heavy atom. The van der Waals surface area contributed by atoms with Crippen LogP contribution in [-0.2, 0) is 5.41 Å². The fourth-order valence-electron chi connectivity index (χ4n) is 1.80. The Hall–Kier alpha value is -1.61. The van der Waals surface area contributed by atoms with Gasteiger partial charge in [0.1, 0.15) is 5.75 Å². The lowest BCUT2D eigenvalue weighted by atomic mass is 9.86. The third-order valence-corrected chi connectivity index (χ3v) is 2.97. The zero-order valence-electron chi connectivity index (χ0n) is 11.6. The molecule has 1 aromatic carbocycles. The quantitative estimate of drug-likeness (QED) is 0.808. The molecular formula is C15H17ClN2O. The molecule has 3 nitrogen and oxygen atoms in total. The lowest BCUT2D eigenvalue weighted by Gasteiger charge is -2.22. The third-order valence-electron chi connectivity index (χ3n) is 2.77. The minimum atomic E-state index is 0.00286. The Morgan fingerprint density at radius 3 is 2.37 bits per heavy atom. The van der Waals surface area contributed by atoms with Crippen LogP contribution in [0.5, 0.6) is 11.6 Å². The number of ether oxygens (including phenoxy) is 1. The maximum atomic E-state index is 5.84. The average Bonchev–Trinajstić information content (AvgIpc) is 2.30. The van der Waals surface area contributed by atoms with Gasteiger partial charge in [0.25, 0.3) is 0 Å². The van der Waals surface area contributed by atoms with Gasteiger partial charge in [0.2, 0.25) is 5.88 Å². The van der Waals surface area contributed by atoms with Crippen LogP contribution in [0.4, 0.5) is 0 Å². The Labute approximate surface area is 118 Å². The molecule has 1 heterocycles. The highest BCUT2D eigenvalue weighted by molar-refractivity contribution is 6.29. The Kier molecular flexibility index (Phi) is 3.76. The van der Waals surface area contributed by atoms with Gasteiger partial charge in [-0.2, -0.15) is 0 Å². The van der Waals surface area contributed by atoms with Crippen molar-refractivity contribution >= 4 is 11.6 Å². The number of halogens is 1. The predicted molar refractivity (Wildman–Crippen MR) is 77.0 cm³/mol. The Morgan fingerprint density at radius 2 is 1.79 bits per heavy atom. The fourth-order valence-corrected chi connectivity index (χ4v) is 1.91. The summed E-state index contributed by atoms with van der Waals surface area (Å²) >= 11 is 5.71. The van der Waals surface area contributed by atoms with Gasteiger partial charge in [0.15, 0.2) is 5.15 Å². The molecule has 0 aliphatic rings. The molecule has 1 aromatic heterocycles. The molecule has 0 spiro atoms. The molecule has 0 fully saturated rings. The summed E-state index contributed by atoms with van der Waals surface area (Å²) in [5, 5.41) is 8.06. The van der Waals surface area contributed by atoms with E-state index in [4.69, 9.17) is 16.3 Å². The van der Waals surface area contributed by atoms with Crippen LogP contribution < -0.4 is 4.74 Å². The van der Waals surface area contributed by atoms with Gasteiger partial charge < -0.3 is 4.74 Å². The van der Waals surface area contributed by atoms with Gasteiger partial charge in [-0.15, -0.1) is 10.2 Å². The first kappa shape index (κ1) is 13.8. The topological polar surface area (TPSA) is 35.0 Å². The molecule has 0 saturated heterocycles. The van der Waals surface area contributed by atoms with Crippen molar-refractivity contribution in [3.8, 4) is 11.6 Å². The molecule has 19 heavy (non-hydrogen) atoms. The van der Waals surface area contributed by atoms with Crippen LogP contribution in [0.25, 0.3) is 0 Å². The zero-order valence-corrected chi connectivity index (χ0v) is 12.3. The lowest BCUT2D eigenvalue weighted by Crippen LogP contribution is -2.12. The second kappa shape index (κ2) is 5.17. The summed E-state index contributed by atoms with van der Waals surface area (Å²) in [5.41, 5.74) is 2.28. The van der Waals surface area contributed by atoms with E-state index >= 15 is 0 Å². The van der Waals surface area contributed by atoms with E-state index < -0.39 is 0 Å². The van der Waals surface area contributed by atoms with Crippen molar-refractivity contribution in [2.45, 2.75) is 33.1 Å². The summed E-state index contributed by atoms with van der Waals surface area (Å²) in [6.07, 6.45) is 0. The molecule has 100 valence electrons. The van der Waals surface area contributed by atoms with Gasteiger partial charge in [0.05, 0.1) is 0 Å². The second-order valence-electron chi connectivity index (χ2n) is 5.55. The van der Waals surface area contributed by atoms with Crippen molar-refractivity contribution in [1.29, 1.82) is 0 Å². The normalized spacial score (nSPS) is 11.4. The second-order valence-corrected chi connectivity index (χ2v) is 5.93. The molecule has 2 aromatic rings. The molecule has 0 aliphatic heterocycles. The van der Waals surface area contributed by atoms with Crippen LogP contribution in [0.1, 0.15) is 31.9 Å². The van der Waals surface area contributed by atoms with Crippen LogP contribution in [0, 0.1) is 6.92 Å². The number of nitrogens with zero attached hydrogens (tertiary/aromatic N) is 2. The highest BCUT2D eigenvalue weighted by Gasteiger charge is 2.19. The molecule has 0 atom stereocenters. The van der Waals surface area contributed by atoms with Crippen molar-refractivity contribution in [3.63, 3.8) is 0 Å². The SMILES string of the molecule is Cc1ccc(C(C)(C)C)c(Oc2ccc(Cl)nn2)c1. The zero-order chi connectivity index (χ0) is 14.0. The standard InChI is InChI=1S/C15H17ClN2O/c1-10-5-6-11(15(2,3)4)12(9-10)19-14-8-7-13(16)17-18-14/h5-9H,1-4H3. The molecular weight excluding hydrogens is 260 g/mol. The van der Waals surface area contributed by atoms with Crippen LogP contribution >= 0.6 is 11.6 Å². The first-order valence-corrected chi connectivity index (χ1v) is 6.52. The molecule has 4 heteroatoms. The summed E-state index contributed by atoms with van der Waals surface area (Å²) in [5.74, 6) is 1.25. The summed E-state index contributed by atoms with van der Waals surface area (Å²) in [4.78, 5) is 0. The molecule has 0 amide bonds. The third kappa shape index (κ3) is 3.44. The maximum Gasteiger partial charge on any atom is 0.238 e. The van der Waals surface area contributed by atoms with Gasteiger partial charge in [-0.3, -0.25) is 0 Å². The van der Waals surface area contributed by atoms with E-state index in [1.54, 1.807) is 12.1 Å². The monoisotopic (exact) mass is 276 g/mol. The minimum Gasteiger partial charge on any atom is -0.437 e. The molecule has 0 unspecified atom stereocenters. The van der Waals surface area contributed by atoms with Crippen molar-refractivity contribution in [3.05, 3.63) is 46.6 Å². The largest absolute Gasteiger partial charge is 0.437 e. The van der Waals surface area contributed by atoms with E-state index in [-0.39, 0.29) is 5.41 Å².